The Balaban J connectivity index is 1.74. The number of halogens is 1. The van der Waals surface area contributed by atoms with E-state index in [0.717, 1.165) is 37.6 Å². The molecule has 1 heterocycles. The maximum absolute atomic E-state index is 6.05. The van der Waals surface area contributed by atoms with Crippen LogP contribution in [-0.2, 0) is 6.54 Å². The third-order valence-corrected chi connectivity index (χ3v) is 5.18. The van der Waals surface area contributed by atoms with Gasteiger partial charge in [0.15, 0.2) is 0 Å². The molecule has 3 heteroatoms. The lowest BCUT2D eigenvalue weighted by Gasteiger charge is -2.39. The second-order valence-electron chi connectivity index (χ2n) is 6.50. The highest BCUT2D eigenvalue weighted by molar-refractivity contribution is 6.30. The maximum atomic E-state index is 6.05. The van der Waals surface area contributed by atoms with E-state index in [1.54, 1.807) is 0 Å². The van der Waals surface area contributed by atoms with Gasteiger partial charge in [0.1, 0.15) is 0 Å². The molecule has 1 aliphatic heterocycles. The summed E-state index contributed by atoms with van der Waals surface area (Å²) in [5.41, 5.74) is 8.63. The Hall–Kier alpha value is -1.35. The molecule has 122 valence electrons. The molecule has 1 saturated heterocycles. The molecular formula is C20H25ClN2. The van der Waals surface area contributed by atoms with Crippen LogP contribution in [0.4, 0.5) is 0 Å². The highest BCUT2D eigenvalue weighted by Gasteiger charge is 2.29. The van der Waals surface area contributed by atoms with E-state index >= 15 is 0 Å². The summed E-state index contributed by atoms with van der Waals surface area (Å²) >= 11 is 6.05. The van der Waals surface area contributed by atoms with Crippen LogP contribution in [0.3, 0.4) is 0 Å². The van der Waals surface area contributed by atoms with E-state index in [4.69, 9.17) is 17.3 Å². The molecule has 0 spiro atoms. The fourth-order valence-electron chi connectivity index (χ4n) is 3.70. The molecule has 23 heavy (non-hydrogen) atoms. The molecular weight excluding hydrogens is 304 g/mol. The summed E-state index contributed by atoms with van der Waals surface area (Å²) in [7, 11) is 0. The second-order valence-corrected chi connectivity index (χ2v) is 6.94. The molecule has 2 atom stereocenters. The molecule has 2 nitrogen and oxygen atoms in total. The van der Waals surface area contributed by atoms with Crippen molar-refractivity contribution >= 4 is 11.6 Å². The predicted octanol–water partition coefficient (Wildman–Crippen LogP) is 4.29. The fourth-order valence-corrected chi connectivity index (χ4v) is 3.83. The number of nitrogens with two attached hydrogens (primary N) is 1. The summed E-state index contributed by atoms with van der Waals surface area (Å²) in [4.78, 5) is 2.57. The van der Waals surface area contributed by atoms with E-state index in [1.807, 2.05) is 12.1 Å². The van der Waals surface area contributed by atoms with Gasteiger partial charge in [-0.3, -0.25) is 4.90 Å². The smallest absolute Gasteiger partial charge is 0.0406 e. The Kier molecular flexibility index (Phi) is 5.71. The number of nitrogens with zero attached hydrogens (tertiary/aromatic N) is 1. The average Bonchev–Trinajstić information content (AvgIpc) is 2.58. The minimum atomic E-state index is 0.549. The Morgan fingerprint density at radius 3 is 2.48 bits per heavy atom. The maximum Gasteiger partial charge on any atom is 0.0406 e. The zero-order valence-corrected chi connectivity index (χ0v) is 14.3. The van der Waals surface area contributed by atoms with Gasteiger partial charge in [-0.05, 0) is 61.0 Å². The number of piperidine rings is 1. The van der Waals surface area contributed by atoms with Gasteiger partial charge in [-0.1, -0.05) is 54.1 Å². The van der Waals surface area contributed by atoms with Crippen molar-refractivity contribution in [1.29, 1.82) is 0 Å². The molecule has 2 unspecified atom stereocenters. The molecule has 1 fully saturated rings. The molecule has 3 rings (SSSR count). The lowest BCUT2D eigenvalue weighted by Crippen LogP contribution is -2.39. The van der Waals surface area contributed by atoms with Crippen LogP contribution in [0.1, 0.15) is 29.9 Å². The standard InChI is InChI=1S/C20H25ClN2/c21-19-8-6-17(7-9-19)20-15-23(13-11-18(20)10-12-22)14-16-4-2-1-3-5-16/h1-9,18,20H,10-15,22H2. The highest BCUT2D eigenvalue weighted by Crippen LogP contribution is 2.35. The van der Waals surface area contributed by atoms with Crippen molar-refractivity contribution in [2.45, 2.75) is 25.3 Å². The van der Waals surface area contributed by atoms with E-state index < -0.39 is 0 Å². The number of likely N-dealkylation sites (tertiary alicyclic amines) is 1. The Labute approximate surface area is 144 Å². The van der Waals surface area contributed by atoms with Crippen LogP contribution >= 0.6 is 11.6 Å². The molecule has 2 N–H and O–H groups in total. The third-order valence-electron chi connectivity index (χ3n) is 4.92. The summed E-state index contributed by atoms with van der Waals surface area (Å²) in [6.45, 7) is 4.05. The van der Waals surface area contributed by atoms with Gasteiger partial charge in [0, 0.05) is 18.1 Å². The second kappa shape index (κ2) is 7.96. The monoisotopic (exact) mass is 328 g/mol. The van der Waals surface area contributed by atoms with Crippen molar-refractivity contribution in [3.8, 4) is 0 Å². The van der Waals surface area contributed by atoms with Crippen molar-refractivity contribution in [3.05, 3.63) is 70.7 Å². The van der Waals surface area contributed by atoms with Gasteiger partial charge in [0.05, 0.1) is 0 Å². The quantitative estimate of drug-likeness (QED) is 0.887. The lowest BCUT2D eigenvalue weighted by atomic mass is 9.79. The molecule has 0 amide bonds. The first kappa shape index (κ1) is 16.5. The molecule has 0 aliphatic carbocycles. The molecule has 0 radical (unpaired) electrons. The van der Waals surface area contributed by atoms with Crippen molar-refractivity contribution in [2.24, 2.45) is 11.7 Å². The summed E-state index contributed by atoms with van der Waals surface area (Å²) in [5.74, 6) is 1.22. The summed E-state index contributed by atoms with van der Waals surface area (Å²) in [6.07, 6.45) is 2.32. The van der Waals surface area contributed by atoms with Gasteiger partial charge >= 0.3 is 0 Å². The van der Waals surface area contributed by atoms with Gasteiger partial charge in [-0.25, -0.2) is 0 Å². The van der Waals surface area contributed by atoms with E-state index in [-0.39, 0.29) is 0 Å². The van der Waals surface area contributed by atoms with Crippen LogP contribution in [-0.4, -0.2) is 24.5 Å². The zero-order chi connectivity index (χ0) is 16.1. The van der Waals surface area contributed by atoms with Gasteiger partial charge in [0.2, 0.25) is 0 Å². The first-order valence-corrected chi connectivity index (χ1v) is 8.86. The average molecular weight is 329 g/mol. The van der Waals surface area contributed by atoms with Gasteiger partial charge < -0.3 is 5.73 Å². The Bertz CT molecular complexity index is 597. The third kappa shape index (κ3) is 4.35. The van der Waals surface area contributed by atoms with Crippen molar-refractivity contribution < 1.29 is 0 Å². The number of hydrogen-bond acceptors (Lipinski definition) is 2. The summed E-state index contributed by atoms with van der Waals surface area (Å²) < 4.78 is 0. The highest BCUT2D eigenvalue weighted by atomic mass is 35.5. The number of hydrogen-bond donors (Lipinski definition) is 1. The van der Waals surface area contributed by atoms with Crippen LogP contribution in [0, 0.1) is 5.92 Å². The fraction of sp³-hybridized carbons (Fsp3) is 0.400. The van der Waals surface area contributed by atoms with Crippen LogP contribution in [0.5, 0.6) is 0 Å². The largest absolute Gasteiger partial charge is 0.330 e. The normalized spacial score (nSPS) is 22.2. The van der Waals surface area contributed by atoms with Gasteiger partial charge in [-0.15, -0.1) is 0 Å². The molecule has 0 aromatic heterocycles. The van der Waals surface area contributed by atoms with Gasteiger partial charge in [-0.2, -0.15) is 0 Å². The van der Waals surface area contributed by atoms with Gasteiger partial charge in [0.25, 0.3) is 0 Å². The first-order chi connectivity index (χ1) is 11.3. The van der Waals surface area contributed by atoms with E-state index in [9.17, 15) is 0 Å². The molecule has 2 aromatic rings. The minimum absolute atomic E-state index is 0.549. The Morgan fingerprint density at radius 2 is 1.78 bits per heavy atom. The lowest BCUT2D eigenvalue weighted by molar-refractivity contribution is 0.148. The zero-order valence-electron chi connectivity index (χ0n) is 13.5. The van der Waals surface area contributed by atoms with E-state index in [0.29, 0.717) is 11.8 Å². The van der Waals surface area contributed by atoms with Crippen LogP contribution in [0.15, 0.2) is 54.6 Å². The first-order valence-electron chi connectivity index (χ1n) is 8.48. The van der Waals surface area contributed by atoms with Crippen LogP contribution in [0.25, 0.3) is 0 Å². The van der Waals surface area contributed by atoms with Crippen LogP contribution < -0.4 is 5.73 Å². The topological polar surface area (TPSA) is 29.3 Å². The van der Waals surface area contributed by atoms with Crippen LogP contribution in [0.2, 0.25) is 5.02 Å². The molecule has 0 saturated carbocycles. The van der Waals surface area contributed by atoms with E-state index in [1.165, 1.54) is 17.5 Å². The number of rotatable bonds is 5. The number of benzene rings is 2. The summed E-state index contributed by atoms with van der Waals surface area (Å²) in [5, 5.41) is 0.807. The van der Waals surface area contributed by atoms with E-state index in [2.05, 4.69) is 47.4 Å². The minimum Gasteiger partial charge on any atom is -0.330 e. The van der Waals surface area contributed by atoms with Crippen molar-refractivity contribution in [2.75, 3.05) is 19.6 Å². The molecule has 0 bridgehead atoms. The Morgan fingerprint density at radius 1 is 1.04 bits per heavy atom. The predicted molar refractivity (Wildman–Crippen MR) is 97.7 cm³/mol. The summed E-state index contributed by atoms with van der Waals surface area (Å²) in [6, 6.07) is 19.1. The molecule has 1 aliphatic rings. The van der Waals surface area contributed by atoms with Crippen molar-refractivity contribution in [3.63, 3.8) is 0 Å². The van der Waals surface area contributed by atoms with Crippen molar-refractivity contribution in [1.82, 2.24) is 4.90 Å². The molecule has 2 aromatic carbocycles. The SMILES string of the molecule is NCCC1CCN(Cc2ccccc2)CC1c1ccc(Cl)cc1.